The largest absolute Gasteiger partial charge is 0.487 e. The quantitative estimate of drug-likeness (QED) is 0.450. The van der Waals surface area contributed by atoms with E-state index in [0.29, 0.717) is 18.4 Å². The smallest absolute Gasteiger partial charge is 0.310 e. The molecule has 0 saturated heterocycles. The Bertz CT molecular complexity index is 367. The molecule has 5 nitrogen and oxygen atoms in total. The highest BCUT2D eigenvalue weighted by atomic mass is 16.6. The molecule has 5 heteroatoms. The van der Waals surface area contributed by atoms with Crippen LogP contribution >= 0.6 is 0 Å². The van der Waals surface area contributed by atoms with Crippen LogP contribution < -0.4 is 10.1 Å². The number of nitro groups is 1. The minimum absolute atomic E-state index is 0.0179. The number of nitrogens with zero attached hydrogens (tertiary/aromatic N) is 1. The lowest BCUT2D eigenvalue weighted by molar-refractivity contribution is -0.385. The van der Waals surface area contributed by atoms with Crippen LogP contribution in [-0.4, -0.2) is 24.1 Å². The fraction of sp³-hybridized carbons (Fsp3) is 0.500. The number of rotatable bonds is 7. The molecule has 0 radical (unpaired) electrons. The summed E-state index contributed by atoms with van der Waals surface area (Å²) in [6, 6.07) is 6.87. The maximum absolute atomic E-state index is 10.7. The summed E-state index contributed by atoms with van der Waals surface area (Å²) in [4.78, 5) is 10.3. The third-order valence-electron chi connectivity index (χ3n) is 2.19. The van der Waals surface area contributed by atoms with Gasteiger partial charge in [0.1, 0.15) is 0 Å². The van der Waals surface area contributed by atoms with E-state index in [-0.39, 0.29) is 5.69 Å². The molecule has 0 amide bonds. The molecule has 94 valence electrons. The number of para-hydroxylation sites is 2. The Balaban J connectivity index is 2.39. The van der Waals surface area contributed by atoms with Gasteiger partial charge in [-0.25, -0.2) is 0 Å². The van der Waals surface area contributed by atoms with Crippen molar-refractivity contribution in [3.05, 3.63) is 34.4 Å². The predicted octanol–water partition coefficient (Wildman–Crippen LogP) is 2.36. The summed E-state index contributed by atoms with van der Waals surface area (Å²) in [5.41, 5.74) is 0.0179. The van der Waals surface area contributed by atoms with Crippen LogP contribution in [0.15, 0.2) is 24.3 Å². The summed E-state index contributed by atoms with van der Waals surface area (Å²) >= 11 is 0. The SMILES string of the molecule is CC(C)NCCCOc1ccccc1[N+](=O)[O-]. The van der Waals surface area contributed by atoms with Crippen LogP contribution in [0.25, 0.3) is 0 Å². The van der Waals surface area contributed by atoms with Crippen molar-refractivity contribution in [3.63, 3.8) is 0 Å². The molecule has 1 N–H and O–H groups in total. The molecule has 1 aromatic rings. The number of benzene rings is 1. The standard InChI is InChI=1S/C12H18N2O3/c1-10(2)13-8-5-9-17-12-7-4-3-6-11(12)14(15)16/h3-4,6-7,10,13H,5,8-9H2,1-2H3. The second-order valence-electron chi connectivity index (χ2n) is 4.04. The Kier molecular flexibility index (Phi) is 5.42. The first-order chi connectivity index (χ1) is 8.11. The topological polar surface area (TPSA) is 64.4 Å². The van der Waals surface area contributed by atoms with Crippen LogP contribution in [0.2, 0.25) is 0 Å². The van der Waals surface area contributed by atoms with Crippen LogP contribution in [0.5, 0.6) is 5.75 Å². The summed E-state index contributed by atoms with van der Waals surface area (Å²) in [6.45, 7) is 5.47. The molecule has 0 atom stereocenters. The van der Waals surface area contributed by atoms with E-state index >= 15 is 0 Å². The van der Waals surface area contributed by atoms with Crippen LogP contribution in [0.4, 0.5) is 5.69 Å². The third-order valence-corrected chi connectivity index (χ3v) is 2.19. The number of nitrogens with one attached hydrogen (secondary N) is 1. The van der Waals surface area contributed by atoms with Crippen molar-refractivity contribution in [2.24, 2.45) is 0 Å². The van der Waals surface area contributed by atoms with Gasteiger partial charge in [-0.05, 0) is 19.0 Å². The lowest BCUT2D eigenvalue weighted by atomic mass is 10.3. The van der Waals surface area contributed by atoms with Gasteiger partial charge in [0.25, 0.3) is 0 Å². The van der Waals surface area contributed by atoms with E-state index in [2.05, 4.69) is 19.2 Å². The first kappa shape index (κ1) is 13.4. The van der Waals surface area contributed by atoms with Gasteiger partial charge in [0.05, 0.1) is 11.5 Å². The van der Waals surface area contributed by atoms with Crippen molar-refractivity contribution in [2.45, 2.75) is 26.3 Å². The second-order valence-corrected chi connectivity index (χ2v) is 4.04. The summed E-state index contributed by atoms with van der Waals surface area (Å²) in [7, 11) is 0. The minimum Gasteiger partial charge on any atom is -0.487 e. The molecule has 0 aromatic heterocycles. The molecule has 1 aromatic carbocycles. The van der Waals surface area contributed by atoms with E-state index in [1.54, 1.807) is 18.2 Å². The zero-order chi connectivity index (χ0) is 12.7. The van der Waals surface area contributed by atoms with Crippen molar-refractivity contribution in [1.82, 2.24) is 5.32 Å². The van der Waals surface area contributed by atoms with Gasteiger partial charge in [-0.15, -0.1) is 0 Å². The van der Waals surface area contributed by atoms with E-state index in [9.17, 15) is 10.1 Å². The van der Waals surface area contributed by atoms with Crippen LogP contribution in [0.3, 0.4) is 0 Å². The van der Waals surface area contributed by atoms with Crippen molar-refractivity contribution < 1.29 is 9.66 Å². The number of hydrogen-bond donors (Lipinski definition) is 1. The van der Waals surface area contributed by atoms with Gasteiger partial charge >= 0.3 is 5.69 Å². The molecule has 1 rings (SSSR count). The molecule has 0 fully saturated rings. The van der Waals surface area contributed by atoms with Gasteiger partial charge in [-0.1, -0.05) is 26.0 Å². The zero-order valence-electron chi connectivity index (χ0n) is 10.2. The first-order valence-corrected chi connectivity index (χ1v) is 5.71. The molecule has 0 aliphatic heterocycles. The van der Waals surface area contributed by atoms with Crippen LogP contribution in [0.1, 0.15) is 20.3 Å². The average Bonchev–Trinajstić information content (AvgIpc) is 2.28. The molecule has 17 heavy (non-hydrogen) atoms. The Hall–Kier alpha value is -1.62. The van der Waals surface area contributed by atoms with Crippen molar-refractivity contribution in [3.8, 4) is 5.75 Å². The summed E-state index contributed by atoms with van der Waals surface area (Å²) in [5.74, 6) is 0.335. The Labute approximate surface area is 101 Å². The Morgan fingerprint density at radius 2 is 2.12 bits per heavy atom. The third kappa shape index (κ3) is 4.82. The number of ether oxygens (including phenoxy) is 1. The molecule has 0 saturated carbocycles. The minimum atomic E-state index is -0.429. The van der Waals surface area contributed by atoms with Crippen LogP contribution in [0, 0.1) is 10.1 Å². The van der Waals surface area contributed by atoms with Crippen molar-refractivity contribution in [1.29, 1.82) is 0 Å². The number of hydrogen-bond acceptors (Lipinski definition) is 4. The molecule has 0 spiro atoms. The summed E-state index contributed by atoms with van der Waals surface area (Å²) < 4.78 is 5.40. The molecule has 0 aliphatic carbocycles. The zero-order valence-corrected chi connectivity index (χ0v) is 10.2. The monoisotopic (exact) mass is 238 g/mol. The van der Waals surface area contributed by atoms with Crippen molar-refractivity contribution in [2.75, 3.05) is 13.2 Å². The van der Waals surface area contributed by atoms with Crippen molar-refractivity contribution >= 4 is 5.69 Å². The molecule has 0 aliphatic rings. The second kappa shape index (κ2) is 6.85. The highest BCUT2D eigenvalue weighted by Crippen LogP contribution is 2.25. The van der Waals surface area contributed by atoms with Gasteiger partial charge in [0.15, 0.2) is 5.75 Å². The van der Waals surface area contributed by atoms with Gasteiger partial charge < -0.3 is 10.1 Å². The van der Waals surface area contributed by atoms with E-state index in [1.165, 1.54) is 6.07 Å². The highest BCUT2D eigenvalue weighted by Gasteiger charge is 2.12. The normalized spacial score (nSPS) is 10.5. The Morgan fingerprint density at radius 3 is 2.76 bits per heavy atom. The fourth-order valence-electron chi connectivity index (χ4n) is 1.38. The lowest BCUT2D eigenvalue weighted by Gasteiger charge is -2.09. The maximum atomic E-state index is 10.7. The molecular weight excluding hydrogens is 220 g/mol. The van der Waals surface area contributed by atoms with E-state index < -0.39 is 4.92 Å². The van der Waals surface area contributed by atoms with Gasteiger partial charge in [0.2, 0.25) is 0 Å². The lowest BCUT2D eigenvalue weighted by Crippen LogP contribution is -2.24. The number of nitro benzene ring substituents is 1. The molecule has 0 heterocycles. The van der Waals surface area contributed by atoms with Crippen LogP contribution in [-0.2, 0) is 0 Å². The van der Waals surface area contributed by atoms with E-state index in [0.717, 1.165) is 13.0 Å². The van der Waals surface area contributed by atoms with Gasteiger partial charge in [-0.3, -0.25) is 10.1 Å². The Morgan fingerprint density at radius 1 is 1.41 bits per heavy atom. The highest BCUT2D eigenvalue weighted by molar-refractivity contribution is 5.45. The summed E-state index contributed by atoms with van der Waals surface area (Å²) in [6.07, 6.45) is 0.824. The molecular formula is C12H18N2O3. The maximum Gasteiger partial charge on any atom is 0.310 e. The molecule has 0 unspecified atom stereocenters. The predicted molar refractivity (Wildman–Crippen MR) is 66.3 cm³/mol. The van der Waals surface area contributed by atoms with Gasteiger partial charge in [-0.2, -0.15) is 0 Å². The van der Waals surface area contributed by atoms with E-state index in [4.69, 9.17) is 4.74 Å². The first-order valence-electron chi connectivity index (χ1n) is 5.71. The summed E-state index contributed by atoms with van der Waals surface area (Å²) in [5, 5.41) is 14.0. The van der Waals surface area contributed by atoms with Gasteiger partial charge in [0, 0.05) is 12.1 Å². The fourth-order valence-corrected chi connectivity index (χ4v) is 1.38. The molecule has 0 bridgehead atoms. The average molecular weight is 238 g/mol. The van der Waals surface area contributed by atoms with E-state index in [1.807, 2.05) is 0 Å².